The molecule has 27 heavy (non-hydrogen) atoms. The Morgan fingerprint density at radius 3 is 2.70 bits per heavy atom. The first-order valence-corrected chi connectivity index (χ1v) is 9.06. The Labute approximate surface area is 157 Å². The van der Waals surface area contributed by atoms with E-state index in [9.17, 15) is 9.59 Å². The largest absolute Gasteiger partial charge is 0.450 e. The van der Waals surface area contributed by atoms with Gasteiger partial charge >= 0.3 is 6.09 Å². The van der Waals surface area contributed by atoms with Gasteiger partial charge < -0.3 is 10.1 Å². The molecule has 0 saturated carbocycles. The molecule has 1 amide bonds. The standard InChI is InChI=1S/C21H23N3O3/c1-3-4-12-27-21(26)22-14-15-8-7-9-16(13-15)19-17-10-5-6-11-18(17)20(25)24(2)23-19/h5-11,13H,3-4,12,14H2,1-2H3,(H,22,26). The minimum absolute atomic E-state index is 0.123. The maximum absolute atomic E-state index is 12.3. The molecule has 1 heterocycles. The summed E-state index contributed by atoms with van der Waals surface area (Å²) in [6, 6.07) is 15.2. The van der Waals surface area contributed by atoms with Crippen molar-refractivity contribution in [3.8, 4) is 11.3 Å². The highest BCUT2D eigenvalue weighted by Gasteiger charge is 2.11. The number of alkyl carbamates (subject to hydrolysis) is 1. The number of aryl methyl sites for hydroxylation is 1. The molecular formula is C21H23N3O3. The van der Waals surface area contributed by atoms with Crippen LogP contribution in [0.4, 0.5) is 4.79 Å². The van der Waals surface area contributed by atoms with E-state index in [0.29, 0.717) is 18.5 Å². The van der Waals surface area contributed by atoms with Crippen LogP contribution in [-0.2, 0) is 18.3 Å². The van der Waals surface area contributed by atoms with E-state index in [1.165, 1.54) is 4.68 Å². The van der Waals surface area contributed by atoms with Crippen molar-refractivity contribution in [2.45, 2.75) is 26.3 Å². The van der Waals surface area contributed by atoms with Gasteiger partial charge in [0.25, 0.3) is 5.56 Å². The molecule has 6 heteroatoms. The monoisotopic (exact) mass is 365 g/mol. The van der Waals surface area contributed by atoms with Crippen LogP contribution in [0, 0.1) is 0 Å². The lowest BCUT2D eigenvalue weighted by molar-refractivity contribution is 0.144. The summed E-state index contributed by atoms with van der Waals surface area (Å²) in [5.74, 6) is 0. The molecule has 1 N–H and O–H groups in total. The summed E-state index contributed by atoms with van der Waals surface area (Å²) in [5.41, 5.74) is 2.43. The maximum Gasteiger partial charge on any atom is 0.407 e. The number of unbranched alkanes of at least 4 members (excludes halogenated alkanes) is 1. The lowest BCUT2D eigenvalue weighted by Gasteiger charge is -2.10. The topological polar surface area (TPSA) is 73.2 Å². The molecule has 0 radical (unpaired) electrons. The Balaban J connectivity index is 1.84. The van der Waals surface area contributed by atoms with Crippen LogP contribution in [0.2, 0.25) is 0 Å². The summed E-state index contributed by atoms with van der Waals surface area (Å²) in [6.07, 6.45) is 1.42. The zero-order valence-corrected chi connectivity index (χ0v) is 15.6. The minimum atomic E-state index is -0.417. The molecule has 0 atom stereocenters. The van der Waals surface area contributed by atoms with Gasteiger partial charge in [0.15, 0.2) is 0 Å². The van der Waals surface area contributed by atoms with Crippen LogP contribution in [0.1, 0.15) is 25.3 Å². The summed E-state index contributed by atoms with van der Waals surface area (Å²) >= 11 is 0. The van der Waals surface area contributed by atoms with Gasteiger partial charge in [-0.25, -0.2) is 9.48 Å². The van der Waals surface area contributed by atoms with Gasteiger partial charge in [0.2, 0.25) is 0 Å². The first kappa shape index (κ1) is 18.6. The third-order valence-electron chi connectivity index (χ3n) is 4.32. The first-order chi connectivity index (χ1) is 13.1. The zero-order chi connectivity index (χ0) is 19.2. The SMILES string of the molecule is CCCCOC(=O)NCc1cccc(-c2nn(C)c(=O)c3ccccc23)c1. The number of carbonyl (C=O) groups excluding carboxylic acids is 1. The Morgan fingerprint density at radius 1 is 1.15 bits per heavy atom. The second kappa shape index (κ2) is 8.49. The smallest absolute Gasteiger partial charge is 0.407 e. The first-order valence-electron chi connectivity index (χ1n) is 9.06. The molecule has 140 valence electrons. The highest BCUT2D eigenvalue weighted by Crippen LogP contribution is 2.25. The summed E-state index contributed by atoms with van der Waals surface area (Å²) in [4.78, 5) is 24.0. The van der Waals surface area contributed by atoms with Crippen molar-refractivity contribution < 1.29 is 9.53 Å². The van der Waals surface area contributed by atoms with E-state index in [2.05, 4.69) is 10.4 Å². The number of hydrogen-bond donors (Lipinski definition) is 1. The van der Waals surface area contributed by atoms with Gasteiger partial charge in [-0.2, -0.15) is 5.10 Å². The molecule has 2 aromatic carbocycles. The second-order valence-electron chi connectivity index (χ2n) is 6.37. The van der Waals surface area contributed by atoms with Crippen LogP contribution in [-0.4, -0.2) is 22.5 Å². The number of benzene rings is 2. The van der Waals surface area contributed by atoms with E-state index >= 15 is 0 Å². The number of hydrogen-bond acceptors (Lipinski definition) is 4. The Kier molecular flexibility index (Phi) is 5.86. The summed E-state index contributed by atoms with van der Waals surface area (Å²) in [7, 11) is 1.65. The van der Waals surface area contributed by atoms with Gasteiger partial charge in [0.05, 0.1) is 17.7 Å². The van der Waals surface area contributed by atoms with Crippen LogP contribution in [0.25, 0.3) is 22.0 Å². The predicted octanol–water partition coefficient (Wildman–Crippen LogP) is 3.63. The van der Waals surface area contributed by atoms with E-state index < -0.39 is 6.09 Å². The van der Waals surface area contributed by atoms with Crippen molar-refractivity contribution in [2.75, 3.05) is 6.61 Å². The number of amides is 1. The lowest BCUT2D eigenvalue weighted by Crippen LogP contribution is -2.24. The third-order valence-corrected chi connectivity index (χ3v) is 4.32. The normalized spacial score (nSPS) is 10.7. The van der Waals surface area contributed by atoms with Gasteiger partial charge in [-0.3, -0.25) is 4.79 Å². The van der Waals surface area contributed by atoms with Gasteiger partial charge in [-0.05, 0) is 24.1 Å². The fraction of sp³-hybridized carbons (Fsp3) is 0.286. The molecule has 0 aliphatic carbocycles. The lowest BCUT2D eigenvalue weighted by atomic mass is 10.0. The van der Waals surface area contributed by atoms with Crippen molar-refractivity contribution in [1.82, 2.24) is 15.1 Å². The molecular weight excluding hydrogens is 342 g/mol. The van der Waals surface area contributed by atoms with Crippen LogP contribution in [0.15, 0.2) is 53.3 Å². The van der Waals surface area contributed by atoms with E-state index in [4.69, 9.17) is 4.74 Å². The van der Waals surface area contributed by atoms with E-state index in [1.54, 1.807) is 13.1 Å². The van der Waals surface area contributed by atoms with Gasteiger partial charge in [-0.15, -0.1) is 0 Å². The van der Waals surface area contributed by atoms with Crippen LogP contribution >= 0.6 is 0 Å². The number of nitrogens with zero attached hydrogens (tertiary/aromatic N) is 2. The average Bonchev–Trinajstić information content (AvgIpc) is 2.69. The van der Waals surface area contributed by atoms with E-state index in [0.717, 1.165) is 35.0 Å². The molecule has 0 spiro atoms. The predicted molar refractivity (Wildman–Crippen MR) is 106 cm³/mol. The molecule has 6 nitrogen and oxygen atoms in total. The number of nitrogens with one attached hydrogen (secondary N) is 1. The number of ether oxygens (including phenoxy) is 1. The van der Waals surface area contributed by atoms with E-state index in [1.807, 2.05) is 49.4 Å². The van der Waals surface area contributed by atoms with Gasteiger partial charge in [0, 0.05) is 24.5 Å². The second-order valence-corrected chi connectivity index (χ2v) is 6.37. The summed E-state index contributed by atoms with van der Waals surface area (Å²) < 4.78 is 6.46. The van der Waals surface area contributed by atoms with Crippen LogP contribution < -0.4 is 10.9 Å². The van der Waals surface area contributed by atoms with Gasteiger partial charge in [-0.1, -0.05) is 49.7 Å². The number of carbonyl (C=O) groups is 1. The quantitative estimate of drug-likeness (QED) is 0.677. The highest BCUT2D eigenvalue weighted by molar-refractivity contribution is 5.93. The molecule has 0 bridgehead atoms. The van der Waals surface area contributed by atoms with E-state index in [-0.39, 0.29) is 5.56 Å². The maximum atomic E-state index is 12.3. The Bertz CT molecular complexity index is 1010. The van der Waals surface area contributed by atoms with Crippen LogP contribution in [0.5, 0.6) is 0 Å². The number of fused-ring (bicyclic) bond motifs is 1. The Hall–Kier alpha value is -3.15. The molecule has 0 aliphatic rings. The van der Waals surface area contributed by atoms with Crippen LogP contribution in [0.3, 0.4) is 0 Å². The van der Waals surface area contributed by atoms with Crippen molar-refractivity contribution >= 4 is 16.9 Å². The Morgan fingerprint density at radius 2 is 1.93 bits per heavy atom. The zero-order valence-electron chi connectivity index (χ0n) is 15.6. The fourth-order valence-electron chi connectivity index (χ4n) is 2.88. The molecule has 0 aliphatic heterocycles. The average molecular weight is 365 g/mol. The summed E-state index contributed by atoms with van der Waals surface area (Å²) in [5, 5.41) is 8.65. The molecule has 3 aromatic rings. The summed E-state index contributed by atoms with van der Waals surface area (Å²) in [6.45, 7) is 2.84. The number of rotatable bonds is 6. The molecule has 0 saturated heterocycles. The minimum Gasteiger partial charge on any atom is -0.450 e. The van der Waals surface area contributed by atoms with Crippen molar-refractivity contribution in [3.63, 3.8) is 0 Å². The molecule has 3 rings (SSSR count). The van der Waals surface area contributed by atoms with Gasteiger partial charge in [0.1, 0.15) is 0 Å². The molecule has 0 fully saturated rings. The molecule has 1 aromatic heterocycles. The highest BCUT2D eigenvalue weighted by atomic mass is 16.5. The van der Waals surface area contributed by atoms with Crippen molar-refractivity contribution in [1.29, 1.82) is 0 Å². The van der Waals surface area contributed by atoms with Crippen molar-refractivity contribution in [3.05, 3.63) is 64.4 Å². The molecule has 0 unspecified atom stereocenters. The van der Waals surface area contributed by atoms with Crippen molar-refractivity contribution in [2.24, 2.45) is 7.05 Å². The fourth-order valence-corrected chi connectivity index (χ4v) is 2.88. The number of aromatic nitrogens is 2. The third kappa shape index (κ3) is 4.34.